The number of nitrogens with zero attached hydrogens (tertiary/aromatic N) is 1. The van der Waals surface area contributed by atoms with Gasteiger partial charge < -0.3 is 19.5 Å². The average molecular weight is 276 g/mol. The molecule has 0 aliphatic carbocycles. The lowest BCUT2D eigenvalue weighted by Crippen LogP contribution is -2.41. The molecule has 1 fully saturated rings. The van der Waals surface area contributed by atoms with Crippen LogP contribution in [0, 0.1) is 11.3 Å². The van der Waals surface area contributed by atoms with Gasteiger partial charge in [0.05, 0.1) is 31.5 Å². The summed E-state index contributed by atoms with van der Waals surface area (Å²) in [6.45, 7) is 1.89. The summed E-state index contributed by atoms with van der Waals surface area (Å²) in [6.07, 6.45) is -0.112. The van der Waals surface area contributed by atoms with E-state index in [0.29, 0.717) is 37.7 Å². The van der Waals surface area contributed by atoms with Gasteiger partial charge in [0.1, 0.15) is 11.8 Å². The molecule has 106 valence electrons. The van der Waals surface area contributed by atoms with Crippen molar-refractivity contribution in [3.8, 4) is 11.8 Å². The van der Waals surface area contributed by atoms with Crippen molar-refractivity contribution < 1.29 is 19.0 Å². The van der Waals surface area contributed by atoms with Gasteiger partial charge in [-0.2, -0.15) is 5.26 Å². The lowest BCUT2D eigenvalue weighted by Gasteiger charge is -2.23. The molecule has 6 heteroatoms. The fourth-order valence-electron chi connectivity index (χ4n) is 1.76. The fourth-order valence-corrected chi connectivity index (χ4v) is 1.76. The zero-order chi connectivity index (χ0) is 14.2. The second-order valence-electron chi connectivity index (χ2n) is 4.27. The number of benzene rings is 1. The van der Waals surface area contributed by atoms with Gasteiger partial charge in [-0.05, 0) is 12.1 Å². The van der Waals surface area contributed by atoms with E-state index in [1.165, 1.54) is 0 Å². The van der Waals surface area contributed by atoms with E-state index >= 15 is 0 Å². The number of hydrogen-bond donors (Lipinski definition) is 1. The molecule has 1 aromatic carbocycles. The van der Waals surface area contributed by atoms with Crippen LogP contribution in [0.1, 0.15) is 5.56 Å². The van der Waals surface area contributed by atoms with E-state index in [2.05, 4.69) is 5.32 Å². The largest absolute Gasteiger partial charge is 0.482 e. The first kappa shape index (κ1) is 14.3. The minimum Gasteiger partial charge on any atom is -0.482 e. The zero-order valence-electron chi connectivity index (χ0n) is 11.0. The SMILES string of the molecule is N#Cc1ccccc1OCC(=O)NCC1COCCO1. The van der Waals surface area contributed by atoms with Crippen LogP contribution in [0.3, 0.4) is 0 Å². The summed E-state index contributed by atoms with van der Waals surface area (Å²) in [5.41, 5.74) is 0.407. The van der Waals surface area contributed by atoms with Crippen molar-refractivity contribution in [3.63, 3.8) is 0 Å². The molecule has 6 nitrogen and oxygen atoms in total. The van der Waals surface area contributed by atoms with Crippen molar-refractivity contribution in [2.45, 2.75) is 6.10 Å². The molecule has 20 heavy (non-hydrogen) atoms. The number of nitriles is 1. The summed E-state index contributed by atoms with van der Waals surface area (Å²) in [5.74, 6) is 0.148. The van der Waals surface area contributed by atoms with Crippen LogP contribution >= 0.6 is 0 Å². The number of rotatable bonds is 5. The highest BCUT2D eigenvalue weighted by molar-refractivity contribution is 5.77. The maximum absolute atomic E-state index is 11.6. The first-order valence-corrected chi connectivity index (χ1v) is 6.37. The zero-order valence-corrected chi connectivity index (χ0v) is 11.0. The van der Waals surface area contributed by atoms with Crippen molar-refractivity contribution in [3.05, 3.63) is 29.8 Å². The van der Waals surface area contributed by atoms with E-state index in [1.807, 2.05) is 6.07 Å². The summed E-state index contributed by atoms with van der Waals surface area (Å²) in [7, 11) is 0. The molecule has 1 unspecified atom stereocenters. The van der Waals surface area contributed by atoms with Gasteiger partial charge in [0.2, 0.25) is 0 Å². The van der Waals surface area contributed by atoms with Gasteiger partial charge >= 0.3 is 0 Å². The van der Waals surface area contributed by atoms with E-state index in [9.17, 15) is 4.79 Å². The molecule has 0 aromatic heterocycles. The Morgan fingerprint density at radius 3 is 3.05 bits per heavy atom. The van der Waals surface area contributed by atoms with Crippen LogP contribution in [0.15, 0.2) is 24.3 Å². The van der Waals surface area contributed by atoms with Gasteiger partial charge in [-0.25, -0.2) is 0 Å². The van der Waals surface area contributed by atoms with Crippen molar-refractivity contribution in [2.24, 2.45) is 0 Å². The molecule has 0 bridgehead atoms. The minimum atomic E-state index is -0.257. The molecule has 1 N–H and O–H groups in total. The molecule has 0 saturated carbocycles. The van der Waals surface area contributed by atoms with E-state index < -0.39 is 0 Å². The molecule has 1 atom stereocenters. The van der Waals surface area contributed by atoms with Crippen LogP contribution in [-0.2, 0) is 14.3 Å². The van der Waals surface area contributed by atoms with Crippen LogP contribution in [0.2, 0.25) is 0 Å². The van der Waals surface area contributed by atoms with Crippen LogP contribution in [0.5, 0.6) is 5.75 Å². The molecular formula is C14H16N2O4. The molecule has 0 radical (unpaired) electrons. The lowest BCUT2D eigenvalue weighted by atomic mass is 10.2. The Labute approximate surface area is 117 Å². The second kappa shape index (κ2) is 7.48. The molecule has 1 heterocycles. The Kier molecular flexibility index (Phi) is 5.35. The molecule has 0 spiro atoms. The fraction of sp³-hybridized carbons (Fsp3) is 0.429. The summed E-state index contributed by atoms with van der Waals surface area (Å²) >= 11 is 0. The third-order valence-corrected chi connectivity index (χ3v) is 2.78. The lowest BCUT2D eigenvalue weighted by molar-refractivity contribution is -0.125. The van der Waals surface area contributed by atoms with Gasteiger partial charge in [-0.1, -0.05) is 12.1 Å². The van der Waals surface area contributed by atoms with Crippen LogP contribution in [0.25, 0.3) is 0 Å². The minimum absolute atomic E-state index is 0.112. The Morgan fingerprint density at radius 1 is 1.45 bits per heavy atom. The van der Waals surface area contributed by atoms with E-state index in [4.69, 9.17) is 19.5 Å². The van der Waals surface area contributed by atoms with Gasteiger partial charge in [-0.15, -0.1) is 0 Å². The molecule has 1 aliphatic heterocycles. The predicted molar refractivity (Wildman–Crippen MR) is 70.2 cm³/mol. The van der Waals surface area contributed by atoms with Gasteiger partial charge in [0.25, 0.3) is 5.91 Å². The number of carbonyl (C=O) groups excluding carboxylic acids is 1. The van der Waals surface area contributed by atoms with Crippen molar-refractivity contribution in [2.75, 3.05) is 33.0 Å². The summed E-state index contributed by atoms with van der Waals surface area (Å²) < 4.78 is 16.0. The monoisotopic (exact) mass is 276 g/mol. The Bertz CT molecular complexity index is 492. The Balaban J connectivity index is 1.73. The van der Waals surface area contributed by atoms with Gasteiger partial charge in [0.15, 0.2) is 6.61 Å². The quantitative estimate of drug-likeness (QED) is 0.845. The van der Waals surface area contributed by atoms with Gasteiger partial charge in [-0.3, -0.25) is 4.79 Å². The van der Waals surface area contributed by atoms with Gasteiger partial charge in [0, 0.05) is 6.54 Å². The Morgan fingerprint density at radius 2 is 2.30 bits per heavy atom. The van der Waals surface area contributed by atoms with E-state index in [1.54, 1.807) is 24.3 Å². The molecule has 1 aliphatic rings. The van der Waals surface area contributed by atoms with Crippen molar-refractivity contribution in [1.29, 1.82) is 5.26 Å². The Hall–Kier alpha value is -2.10. The smallest absolute Gasteiger partial charge is 0.258 e. The second-order valence-corrected chi connectivity index (χ2v) is 4.27. The topological polar surface area (TPSA) is 80.6 Å². The number of amides is 1. The van der Waals surface area contributed by atoms with Crippen LogP contribution in [-0.4, -0.2) is 45.0 Å². The predicted octanol–water partition coefficient (Wildman–Crippen LogP) is 0.469. The molecule has 1 amide bonds. The van der Waals surface area contributed by atoms with Crippen molar-refractivity contribution in [1.82, 2.24) is 5.32 Å². The first-order chi connectivity index (χ1) is 9.79. The maximum Gasteiger partial charge on any atom is 0.258 e. The van der Waals surface area contributed by atoms with Crippen molar-refractivity contribution >= 4 is 5.91 Å². The van der Waals surface area contributed by atoms with Crippen LogP contribution in [0.4, 0.5) is 0 Å². The number of nitrogens with one attached hydrogen (secondary N) is 1. The molecule has 1 saturated heterocycles. The third-order valence-electron chi connectivity index (χ3n) is 2.78. The molecular weight excluding hydrogens is 260 g/mol. The van der Waals surface area contributed by atoms with E-state index in [-0.39, 0.29) is 18.6 Å². The van der Waals surface area contributed by atoms with Crippen LogP contribution < -0.4 is 10.1 Å². The van der Waals surface area contributed by atoms with E-state index in [0.717, 1.165) is 0 Å². The number of hydrogen-bond acceptors (Lipinski definition) is 5. The average Bonchev–Trinajstić information content (AvgIpc) is 2.52. The number of carbonyl (C=O) groups is 1. The molecule has 2 rings (SSSR count). The summed E-state index contributed by atoms with van der Waals surface area (Å²) in [4.78, 5) is 11.6. The molecule has 1 aromatic rings. The number of ether oxygens (including phenoxy) is 3. The maximum atomic E-state index is 11.6. The highest BCUT2D eigenvalue weighted by atomic mass is 16.6. The first-order valence-electron chi connectivity index (χ1n) is 6.37. The number of para-hydroxylation sites is 1. The standard InChI is InChI=1S/C14H16N2O4/c15-7-11-3-1-2-4-13(11)20-10-14(17)16-8-12-9-18-5-6-19-12/h1-4,12H,5-6,8-10H2,(H,16,17). The normalized spacial score (nSPS) is 18.1. The highest BCUT2D eigenvalue weighted by Crippen LogP contribution is 2.16. The highest BCUT2D eigenvalue weighted by Gasteiger charge is 2.15. The summed E-state index contributed by atoms with van der Waals surface area (Å²) in [5, 5.41) is 11.6. The summed E-state index contributed by atoms with van der Waals surface area (Å²) in [6, 6.07) is 8.80. The third kappa shape index (κ3) is 4.23.